The van der Waals surface area contributed by atoms with E-state index in [0.29, 0.717) is 12.0 Å². The lowest BCUT2D eigenvalue weighted by Crippen LogP contribution is -2.47. The predicted molar refractivity (Wildman–Crippen MR) is 80.5 cm³/mol. The van der Waals surface area contributed by atoms with E-state index in [-0.39, 0.29) is 0 Å². The van der Waals surface area contributed by atoms with E-state index in [9.17, 15) is 0 Å². The fourth-order valence-corrected chi connectivity index (χ4v) is 3.63. The third-order valence-corrected chi connectivity index (χ3v) is 4.69. The van der Waals surface area contributed by atoms with Crippen molar-refractivity contribution in [3.63, 3.8) is 0 Å². The molecule has 0 saturated carbocycles. The second-order valence-electron chi connectivity index (χ2n) is 6.39. The van der Waals surface area contributed by atoms with Gasteiger partial charge in [-0.2, -0.15) is 0 Å². The molecule has 2 saturated heterocycles. The minimum absolute atomic E-state index is 0.680. The van der Waals surface area contributed by atoms with Gasteiger partial charge in [0.05, 0.1) is 6.61 Å². The molecule has 0 aromatic carbocycles. The first-order valence-electron chi connectivity index (χ1n) is 8.37. The van der Waals surface area contributed by atoms with Gasteiger partial charge in [0, 0.05) is 31.7 Å². The fourth-order valence-electron chi connectivity index (χ4n) is 3.63. The number of ether oxygens (including phenoxy) is 1. The topological polar surface area (TPSA) is 24.5 Å². The molecule has 3 atom stereocenters. The molecule has 0 spiro atoms. The van der Waals surface area contributed by atoms with Crippen molar-refractivity contribution < 1.29 is 4.74 Å². The summed E-state index contributed by atoms with van der Waals surface area (Å²) in [6.07, 6.45) is 6.58. The zero-order valence-corrected chi connectivity index (χ0v) is 12.9. The summed E-state index contributed by atoms with van der Waals surface area (Å²) in [4.78, 5) is 2.68. The van der Waals surface area contributed by atoms with Crippen molar-refractivity contribution in [2.45, 2.75) is 52.0 Å². The average molecular weight is 268 g/mol. The number of rotatable bonds is 7. The molecule has 2 aliphatic rings. The molecule has 3 nitrogen and oxygen atoms in total. The van der Waals surface area contributed by atoms with Crippen LogP contribution in [-0.4, -0.2) is 50.3 Å². The summed E-state index contributed by atoms with van der Waals surface area (Å²) in [5.41, 5.74) is 0. The molecule has 3 heteroatoms. The Bertz CT molecular complexity index is 247. The Hall–Kier alpha value is -0.120. The summed E-state index contributed by atoms with van der Waals surface area (Å²) < 4.78 is 5.71. The van der Waals surface area contributed by atoms with Crippen LogP contribution in [-0.2, 0) is 4.74 Å². The van der Waals surface area contributed by atoms with E-state index in [1.165, 1.54) is 51.7 Å². The molecular formula is C16H32N2O. The lowest BCUT2D eigenvalue weighted by Gasteiger charge is -2.35. The van der Waals surface area contributed by atoms with Gasteiger partial charge >= 0.3 is 0 Å². The highest BCUT2D eigenvalue weighted by Gasteiger charge is 2.30. The molecule has 0 aliphatic carbocycles. The number of nitrogens with zero attached hydrogens (tertiary/aromatic N) is 1. The quantitative estimate of drug-likeness (QED) is 0.768. The van der Waals surface area contributed by atoms with Crippen LogP contribution in [0.3, 0.4) is 0 Å². The second kappa shape index (κ2) is 8.23. The highest BCUT2D eigenvalue weighted by Crippen LogP contribution is 2.24. The summed E-state index contributed by atoms with van der Waals surface area (Å²) >= 11 is 0. The Morgan fingerprint density at radius 1 is 1.21 bits per heavy atom. The fraction of sp³-hybridized carbons (Fsp3) is 1.00. The zero-order chi connectivity index (χ0) is 13.5. The first-order valence-corrected chi connectivity index (χ1v) is 8.37. The van der Waals surface area contributed by atoms with Gasteiger partial charge in [-0.25, -0.2) is 0 Å². The van der Waals surface area contributed by atoms with E-state index in [0.717, 1.165) is 25.7 Å². The van der Waals surface area contributed by atoms with Crippen LogP contribution in [0.1, 0.15) is 46.0 Å². The van der Waals surface area contributed by atoms with Crippen molar-refractivity contribution >= 4 is 0 Å². The summed E-state index contributed by atoms with van der Waals surface area (Å²) in [5, 5.41) is 3.73. The van der Waals surface area contributed by atoms with Crippen molar-refractivity contribution in [1.82, 2.24) is 10.2 Å². The maximum absolute atomic E-state index is 5.71. The third kappa shape index (κ3) is 4.73. The van der Waals surface area contributed by atoms with Crippen LogP contribution in [0.2, 0.25) is 0 Å². The molecule has 0 aromatic rings. The molecule has 19 heavy (non-hydrogen) atoms. The molecular weight excluding hydrogens is 236 g/mol. The van der Waals surface area contributed by atoms with Gasteiger partial charge in [-0.3, -0.25) is 0 Å². The van der Waals surface area contributed by atoms with Crippen LogP contribution >= 0.6 is 0 Å². The average Bonchev–Trinajstić information content (AvgIpc) is 2.86. The van der Waals surface area contributed by atoms with Crippen molar-refractivity contribution in [2.24, 2.45) is 11.8 Å². The van der Waals surface area contributed by atoms with Crippen LogP contribution in [0.15, 0.2) is 0 Å². The van der Waals surface area contributed by atoms with E-state index < -0.39 is 0 Å². The maximum Gasteiger partial charge on any atom is 0.0521 e. The standard InChI is InChI=1S/C16H32N2O/c1-3-5-14-6-9-18(11-14)12-15-13-19-10-7-16(15)17-8-4-2/h14-17H,3-13H2,1-2H3. The van der Waals surface area contributed by atoms with Gasteiger partial charge in [-0.15, -0.1) is 0 Å². The van der Waals surface area contributed by atoms with Crippen LogP contribution in [0.4, 0.5) is 0 Å². The van der Waals surface area contributed by atoms with E-state index in [4.69, 9.17) is 4.74 Å². The Morgan fingerprint density at radius 2 is 2.11 bits per heavy atom. The Balaban J connectivity index is 1.76. The summed E-state index contributed by atoms with van der Waals surface area (Å²) in [7, 11) is 0. The minimum atomic E-state index is 0.680. The third-order valence-electron chi connectivity index (χ3n) is 4.69. The molecule has 2 aliphatic heterocycles. The van der Waals surface area contributed by atoms with E-state index in [1.54, 1.807) is 0 Å². The molecule has 2 rings (SSSR count). The molecule has 1 N–H and O–H groups in total. The van der Waals surface area contributed by atoms with Crippen molar-refractivity contribution in [2.75, 3.05) is 39.4 Å². The second-order valence-corrected chi connectivity index (χ2v) is 6.39. The van der Waals surface area contributed by atoms with E-state index in [1.807, 2.05) is 0 Å². The number of hydrogen-bond donors (Lipinski definition) is 1. The molecule has 0 radical (unpaired) electrons. The monoisotopic (exact) mass is 268 g/mol. The first kappa shape index (κ1) is 15.3. The van der Waals surface area contributed by atoms with Crippen molar-refractivity contribution in [3.8, 4) is 0 Å². The van der Waals surface area contributed by atoms with E-state index >= 15 is 0 Å². The lowest BCUT2D eigenvalue weighted by molar-refractivity contribution is 0.0191. The molecule has 0 amide bonds. The number of hydrogen-bond acceptors (Lipinski definition) is 3. The Morgan fingerprint density at radius 3 is 2.89 bits per heavy atom. The van der Waals surface area contributed by atoms with Crippen molar-refractivity contribution in [1.29, 1.82) is 0 Å². The van der Waals surface area contributed by atoms with Crippen LogP contribution in [0, 0.1) is 11.8 Å². The van der Waals surface area contributed by atoms with Crippen molar-refractivity contribution in [3.05, 3.63) is 0 Å². The summed E-state index contributed by atoms with van der Waals surface area (Å²) in [6.45, 7) is 11.5. The summed E-state index contributed by atoms with van der Waals surface area (Å²) in [6, 6.07) is 0.680. The number of likely N-dealkylation sites (tertiary alicyclic amines) is 1. The molecule has 3 unspecified atom stereocenters. The van der Waals surface area contributed by atoms with Gasteiger partial charge in [0.25, 0.3) is 0 Å². The molecule has 2 fully saturated rings. The Kier molecular flexibility index (Phi) is 6.62. The molecule has 2 heterocycles. The van der Waals surface area contributed by atoms with Gasteiger partial charge in [0.2, 0.25) is 0 Å². The molecule has 0 bridgehead atoms. The Labute approximate surface area is 119 Å². The summed E-state index contributed by atoms with van der Waals surface area (Å²) in [5.74, 6) is 1.65. The van der Waals surface area contributed by atoms with Crippen LogP contribution in [0.5, 0.6) is 0 Å². The molecule has 0 aromatic heterocycles. The maximum atomic E-state index is 5.71. The zero-order valence-electron chi connectivity index (χ0n) is 12.9. The normalized spacial score (nSPS) is 32.8. The predicted octanol–water partition coefficient (Wildman–Crippen LogP) is 2.51. The largest absolute Gasteiger partial charge is 0.381 e. The SMILES string of the molecule is CCCNC1CCOCC1CN1CCC(CCC)C1. The highest BCUT2D eigenvalue weighted by atomic mass is 16.5. The van der Waals surface area contributed by atoms with Crippen LogP contribution < -0.4 is 5.32 Å². The number of nitrogens with one attached hydrogen (secondary N) is 1. The van der Waals surface area contributed by atoms with Gasteiger partial charge < -0.3 is 15.0 Å². The van der Waals surface area contributed by atoms with Crippen LogP contribution in [0.25, 0.3) is 0 Å². The van der Waals surface area contributed by atoms with Gasteiger partial charge in [0.1, 0.15) is 0 Å². The minimum Gasteiger partial charge on any atom is -0.381 e. The smallest absolute Gasteiger partial charge is 0.0521 e. The highest BCUT2D eigenvalue weighted by molar-refractivity contribution is 4.85. The van der Waals surface area contributed by atoms with Gasteiger partial charge in [-0.1, -0.05) is 20.3 Å². The van der Waals surface area contributed by atoms with Gasteiger partial charge in [0.15, 0.2) is 0 Å². The van der Waals surface area contributed by atoms with E-state index in [2.05, 4.69) is 24.1 Å². The van der Waals surface area contributed by atoms with Gasteiger partial charge in [-0.05, 0) is 44.7 Å². The first-order chi connectivity index (χ1) is 9.33. The lowest BCUT2D eigenvalue weighted by atomic mass is 9.95. The molecule has 112 valence electrons.